The Morgan fingerprint density at radius 2 is 2.24 bits per heavy atom. The normalized spacial score (nSPS) is 12.2. The molecule has 0 amide bonds. The second-order valence-electron chi connectivity index (χ2n) is 3.79. The zero-order chi connectivity index (χ0) is 13.0. The van der Waals surface area contributed by atoms with Crippen molar-refractivity contribution in [2.45, 2.75) is 26.3 Å². The zero-order valence-corrected chi connectivity index (χ0v) is 12.0. The highest BCUT2D eigenvalue weighted by Crippen LogP contribution is 2.25. The fourth-order valence-electron chi connectivity index (χ4n) is 1.53. The number of phenols is 1. The fourth-order valence-corrected chi connectivity index (χ4v) is 2.37. The van der Waals surface area contributed by atoms with Crippen molar-refractivity contribution in [3.63, 3.8) is 0 Å². The Morgan fingerprint density at radius 1 is 1.59 bits per heavy atom. The summed E-state index contributed by atoms with van der Waals surface area (Å²) in [5.74, 6) is -0.242. The van der Waals surface area contributed by atoms with Crippen LogP contribution in [0.15, 0.2) is 12.1 Å². The minimum Gasteiger partial charge on any atom is -0.507 e. The van der Waals surface area contributed by atoms with Gasteiger partial charge in [-0.05, 0) is 59.7 Å². The molecular weight excluding hydrogens is 333 g/mol. The second kappa shape index (κ2) is 6.20. The predicted octanol–water partition coefficient (Wildman–Crippen LogP) is 1.74. The van der Waals surface area contributed by atoms with Gasteiger partial charge in [-0.2, -0.15) is 0 Å². The highest BCUT2D eigenvalue weighted by molar-refractivity contribution is 14.1. The summed E-state index contributed by atoms with van der Waals surface area (Å²) in [4.78, 5) is 11.4. The third-order valence-electron chi connectivity index (χ3n) is 2.37. The van der Waals surface area contributed by atoms with Crippen LogP contribution in [-0.4, -0.2) is 23.7 Å². The molecule has 0 aliphatic carbocycles. The number of nitrogens with two attached hydrogens (primary N) is 1. The first-order chi connectivity index (χ1) is 7.95. The molecule has 0 bridgehead atoms. The molecule has 0 spiro atoms. The van der Waals surface area contributed by atoms with Gasteiger partial charge >= 0.3 is 5.97 Å². The molecule has 0 saturated carbocycles. The summed E-state index contributed by atoms with van der Waals surface area (Å²) >= 11 is 2.16. The number of hydrogen-bond donors (Lipinski definition) is 2. The molecular formula is C12H16INO3. The molecule has 0 radical (unpaired) electrons. The lowest BCUT2D eigenvalue weighted by Crippen LogP contribution is -2.34. The third-order valence-corrected chi connectivity index (χ3v) is 3.00. The maximum Gasteiger partial charge on any atom is 0.323 e. The Bertz CT molecular complexity index is 420. The van der Waals surface area contributed by atoms with Crippen LogP contribution in [0.1, 0.15) is 18.1 Å². The van der Waals surface area contributed by atoms with Gasteiger partial charge in [-0.1, -0.05) is 0 Å². The van der Waals surface area contributed by atoms with Crippen LogP contribution >= 0.6 is 22.6 Å². The number of aryl methyl sites for hydroxylation is 1. The molecule has 1 rings (SSSR count). The van der Waals surface area contributed by atoms with Crippen molar-refractivity contribution in [1.29, 1.82) is 0 Å². The Labute approximate surface area is 114 Å². The first kappa shape index (κ1) is 14.2. The van der Waals surface area contributed by atoms with E-state index in [2.05, 4.69) is 22.6 Å². The van der Waals surface area contributed by atoms with E-state index in [0.717, 1.165) is 9.13 Å². The van der Waals surface area contributed by atoms with Crippen molar-refractivity contribution in [3.8, 4) is 5.75 Å². The number of halogens is 1. The molecule has 4 nitrogen and oxygen atoms in total. The smallest absolute Gasteiger partial charge is 0.323 e. The monoisotopic (exact) mass is 349 g/mol. The van der Waals surface area contributed by atoms with Gasteiger partial charge in [-0.3, -0.25) is 4.79 Å². The maximum absolute atomic E-state index is 11.4. The quantitative estimate of drug-likeness (QED) is 0.642. The van der Waals surface area contributed by atoms with E-state index in [1.165, 1.54) is 0 Å². The van der Waals surface area contributed by atoms with Crippen LogP contribution in [0.4, 0.5) is 0 Å². The van der Waals surface area contributed by atoms with Crippen molar-refractivity contribution >= 4 is 28.6 Å². The molecule has 3 N–H and O–H groups in total. The molecule has 0 heterocycles. The number of esters is 1. The highest BCUT2D eigenvalue weighted by Gasteiger charge is 2.18. The van der Waals surface area contributed by atoms with E-state index in [4.69, 9.17) is 10.5 Å². The van der Waals surface area contributed by atoms with Crippen LogP contribution < -0.4 is 5.73 Å². The van der Waals surface area contributed by atoms with Crippen molar-refractivity contribution < 1.29 is 14.6 Å². The average molecular weight is 349 g/mol. The Hall–Kier alpha value is -0.820. The summed E-state index contributed by atoms with van der Waals surface area (Å²) < 4.78 is 5.83. The van der Waals surface area contributed by atoms with E-state index < -0.39 is 12.0 Å². The Balaban J connectivity index is 2.84. The van der Waals surface area contributed by atoms with Crippen LogP contribution in [0.5, 0.6) is 5.75 Å². The largest absolute Gasteiger partial charge is 0.507 e. The summed E-state index contributed by atoms with van der Waals surface area (Å²) in [6, 6.07) is 2.95. The lowest BCUT2D eigenvalue weighted by Gasteiger charge is -2.13. The molecule has 0 aromatic heterocycles. The summed E-state index contributed by atoms with van der Waals surface area (Å²) in [7, 11) is 0. The number of aromatic hydroxyl groups is 1. The molecule has 0 fully saturated rings. The molecule has 1 aromatic rings. The summed E-state index contributed by atoms with van der Waals surface area (Å²) in [6.45, 7) is 3.86. The van der Waals surface area contributed by atoms with E-state index in [-0.39, 0.29) is 12.2 Å². The maximum atomic E-state index is 11.4. The number of ether oxygens (including phenoxy) is 1. The summed E-state index contributed by atoms with van der Waals surface area (Å²) in [5, 5.41) is 9.87. The number of carbonyl (C=O) groups is 1. The van der Waals surface area contributed by atoms with Crippen LogP contribution in [-0.2, 0) is 16.0 Å². The molecule has 1 aromatic carbocycles. The lowest BCUT2D eigenvalue weighted by atomic mass is 10.0. The predicted molar refractivity (Wildman–Crippen MR) is 73.9 cm³/mol. The minimum absolute atomic E-state index is 0.199. The molecule has 1 atom stereocenters. The number of phenolic OH excluding ortho intramolecular Hbond substituents is 1. The number of hydrogen-bond acceptors (Lipinski definition) is 4. The van der Waals surface area contributed by atoms with Crippen molar-refractivity contribution in [1.82, 2.24) is 0 Å². The average Bonchev–Trinajstić information content (AvgIpc) is 2.25. The van der Waals surface area contributed by atoms with Crippen LogP contribution in [0.25, 0.3) is 0 Å². The third kappa shape index (κ3) is 3.85. The van der Waals surface area contributed by atoms with Crippen LogP contribution in [0, 0.1) is 10.5 Å². The lowest BCUT2D eigenvalue weighted by molar-refractivity contribution is -0.144. The van der Waals surface area contributed by atoms with Gasteiger partial charge in [0.2, 0.25) is 0 Å². The zero-order valence-electron chi connectivity index (χ0n) is 9.87. The molecule has 0 saturated heterocycles. The Kier molecular flexibility index (Phi) is 5.20. The Morgan fingerprint density at radius 3 is 2.82 bits per heavy atom. The van der Waals surface area contributed by atoms with Gasteiger partial charge in [0, 0.05) is 9.99 Å². The van der Waals surface area contributed by atoms with Gasteiger partial charge in [0.15, 0.2) is 0 Å². The van der Waals surface area contributed by atoms with E-state index in [9.17, 15) is 9.90 Å². The second-order valence-corrected chi connectivity index (χ2v) is 5.04. The molecule has 17 heavy (non-hydrogen) atoms. The van der Waals surface area contributed by atoms with Crippen molar-refractivity contribution in [3.05, 3.63) is 26.8 Å². The fraction of sp³-hybridized carbons (Fsp3) is 0.417. The van der Waals surface area contributed by atoms with E-state index >= 15 is 0 Å². The van der Waals surface area contributed by atoms with Crippen LogP contribution in [0.2, 0.25) is 0 Å². The first-order valence-corrected chi connectivity index (χ1v) is 6.43. The molecule has 1 unspecified atom stereocenters. The number of rotatable bonds is 4. The SMILES string of the molecule is CCOC(=O)C(N)Cc1cc(I)cc(C)c1O. The van der Waals surface area contributed by atoms with E-state index in [1.807, 2.05) is 19.1 Å². The minimum atomic E-state index is -0.738. The topological polar surface area (TPSA) is 72.5 Å². The highest BCUT2D eigenvalue weighted by atomic mass is 127. The molecule has 94 valence electrons. The molecule has 5 heteroatoms. The number of carbonyl (C=O) groups excluding carboxylic acids is 1. The van der Waals surface area contributed by atoms with E-state index in [1.54, 1.807) is 6.92 Å². The van der Waals surface area contributed by atoms with E-state index in [0.29, 0.717) is 12.2 Å². The van der Waals surface area contributed by atoms with Gasteiger partial charge in [-0.15, -0.1) is 0 Å². The van der Waals surface area contributed by atoms with Crippen molar-refractivity contribution in [2.24, 2.45) is 5.73 Å². The van der Waals surface area contributed by atoms with Gasteiger partial charge in [0.25, 0.3) is 0 Å². The van der Waals surface area contributed by atoms with Gasteiger partial charge in [0.05, 0.1) is 6.61 Å². The van der Waals surface area contributed by atoms with Crippen molar-refractivity contribution in [2.75, 3.05) is 6.61 Å². The van der Waals surface area contributed by atoms with Gasteiger partial charge in [-0.25, -0.2) is 0 Å². The van der Waals surface area contributed by atoms with Gasteiger partial charge in [0.1, 0.15) is 11.8 Å². The first-order valence-electron chi connectivity index (χ1n) is 5.36. The molecule has 0 aliphatic heterocycles. The standard InChI is InChI=1S/C12H16INO3/c1-3-17-12(16)10(14)6-8-5-9(13)4-7(2)11(8)15/h4-5,10,15H,3,6,14H2,1-2H3. The van der Waals surface area contributed by atoms with Crippen LogP contribution in [0.3, 0.4) is 0 Å². The number of benzene rings is 1. The summed E-state index contributed by atoms with van der Waals surface area (Å²) in [6.07, 6.45) is 0.280. The molecule has 0 aliphatic rings. The summed E-state index contributed by atoms with van der Waals surface area (Å²) in [5.41, 5.74) is 7.17. The van der Waals surface area contributed by atoms with Gasteiger partial charge < -0.3 is 15.6 Å².